The maximum Gasteiger partial charge on any atom is 0.140 e. The first-order valence-corrected chi connectivity index (χ1v) is 3.93. The average molecular weight is 211 g/mol. The van der Waals surface area contributed by atoms with Crippen LogP contribution in [0.4, 0.5) is 0 Å². The first-order valence-electron chi connectivity index (χ1n) is 3.13. The van der Waals surface area contributed by atoms with Crippen LogP contribution in [0.15, 0.2) is 28.7 Å². The normalized spacial score (nSPS) is 12.1. The molecule has 0 aliphatic heterocycles. The van der Waals surface area contributed by atoms with Crippen molar-refractivity contribution in [3.63, 3.8) is 0 Å². The van der Waals surface area contributed by atoms with Crippen LogP contribution in [-0.4, -0.2) is 5.11 Å². The van der Waals surface area contributed by atoms with Gasteiger partial charge in [-0.3, -0.25) is 0 Å². The Balaban J connectivity index is 2.98. The van der Waals surface area contributed by atoms with Gasteiger partial charge in [0, 0.05) is 4.47 Å². The van der Waals surface area contributed by atoms with Crippen molar-refractivity contribution in [3.8, 4) is 12.3 Å². The Kier molecular flexibility index (Phi) is 2.70. The Labute approximate surface area is 74.2 Å². The molecule has 0 unspecified atom stereocenters. The summed E-state index contributed by atoms with van der Waals surface area (Å²) in [5.41, 5.74) is 0.738. The van der Waals surface area contributed by atoms with E-state index >= 15 is 0 Å². The highest BCUT2D eigenvalue weighted by atomic mass is 79.9. The molecule has 56 valence electrons. The molecule has 1 atom stereocenters. The Bertz CT molecular complexity index is 288. The van der Waals surface area contributed by atoms with Crippen molar-refractivity contribution < 1.29 is 5.11 Å². The SMILES string of the molecule is C#C[C@H](O)c1cccc(Br)c1. The van der Waals surface area contributed by atoms with E-state index in [2.05, 4.69) is 21.9 Å². The predicted molar refractivity (Wildman–Crippen MR) is 47.9 cm³/mol. The molecule has 2 heteroatoms. The quantitative estimate of drug-likeness (QED) is 0.705. The fourth-order valence-corrected chi connectivity index (χ4v) is 1.19. The maximum absolute atomic E-state index is 9.20. The van der Waals surface area contributed by atoms with E-state index in [9.17, 15) is 5.11 Å². The number of terminal acetylenes is 1. The molecule has 1 aromatic carbocycles. The summed E-state index contributed by atoms with van der Waals surface area (Å²) in [4.78, 5) is 0. The molecule has 0 radical (unpaired) electrons. The van der Waals surface area contributed by atoms with E-state index in [0.717, 1.165) is 10.0 Å². The van der Waals surface area contributed by atoms with Gasteiger partial charge in [-0.05, 0) is 17.7 Å². The number of rotatable bonds is 1. The minimum absolute atomic E-state index is 0.738. The maximum atomic E-state index is 9.20. The zero-order valence-corrected chi connectivity index (χ0v) is 7.38. The summed E-state index contributed by atoms with van der Waals surface area (Å²) in [5.74, 6) is 2.24. The standard InChI is InChI=1S/C9H7BrO/c1-2-9(11)7-4-3-5-8(10)6-7/h1,3-6,9,11H/t9-/m0/s1. The molecule has 0 fully saturated rings. The van der Waals surface area contributed by atoms with Crippen molar-refractivity contribution in [2.45, 2.75) is 6.10 Å². The summed E-state index contributed by atoms with van der Waals surface area (Å²) in [6.45, 7) is 0. The lowest BCUT2D eigenvalue weighted by Gasteiger charge is -2.02. The third-order valence-electron chi connectivity index (χ3n) is 1.32. The number of benzene rings is 1. The minimum atomic E-state index is -0.799. The van der Waals surface area contributed by atoms with Crippen molar-refractivity contribution in [2.24, 2.45) is 0 Å². The van der Waals surface area contributed by atoms with Gasteiger partial charge in [0.05, 0.1) is 0 Å². The van der Waals surface area contributed by atoms with Gasteiger partial charge in [-0.25, -0.2) is 0 Å². The van der Waals surface area contributed by atoms with Gasteiger partial charge in [0.25, 0.3) is 0 Å². The van der Waals surface area contributed by atoms with Crippen molar-refractivity contribution in [2.75, 3.05) is 0 Å². The molecule has 0 aliphatic rings. The molecule has 1 rings (SSSR count). The summed E-state index contributed by atoms with van der Waals surface area (Å²) in [6.07, 6.45) is 4.24. The lowest BCUT2D eigenvalue weighted by molar-refractivity contribution is 0.238. The molecular weight excluding hydrogens is 204 g/mol. The molecule has 0 spiro atoms. The topological polar surface area (TPSA) is 20.2 Å². The van der Waals surface area contributed by atoms with E-state index in [4.69, 9.17) is 6.42 Å². The van der Waals surface area contributed by atoms with E-state index < -0.39 is 6.10 Å². The van der Waals surface area contributed by atoms with Gasteiger partial charge in [-0.1, -0.05) is 34.0 Å². The number of hydrogen-bond acceptors (Lipinski definition) is 1. The van der Waals surface area contributed by atoms with Crippen LogP contribution >= 0.6 is 15.9 Å². The first-order chi connectivity index (χ1) is 5.24. The lowest BCUT2D eigenvalue weighted by Crippen LogP contribution is -1.91. The van der Waals surface area contributed by atoms with Crippen LogP contribution < -0.4 is 0 Å². The van der Waals surface area contributed by atoms with Crippen molar-refractivity contribution >= 4 is 15.9 Å². The van der Waals surface area contributed by atoms with E-state index in [0.29, 0.717) is 0 Å². The smallest absolute Gasteiger partial charge is 0.140 e. The monoisotopic (exact) mass is 210 g/mol. The van der Waals surface area contributed by atoms with Crippen LogP contribution in [0, 0.1) is 12.3 Å². The molecule has 0 aliphatic carbocycles. The number of aliphatic hydroxyl groups excluding tert-OH is 1. The molecule has 1 aromatic rings. The van der Waals surface area contributed by atoms with Gasteiger partial charge in [0.15, 0.2) is 0 Å². The summed E-state index contributed by atoms with van der Waals surface area (Å²) >= 11 is 3.28. The molecule has 0 saturated heterocycles. The molecule has 0 aromatic heterocycles. The van der Waals surface area contributed by atoms with Crippen LogP contribution in [0.2, 0.25) is 0 Å². The van der Waals surface area contributed by atoms with Gasteiger partial charge < -0.3 is 5.11 Å². The summed E-state index contributed by atoms with van der Waals surface area (Å²) in [7, 11) is 0. The van der Waals surface area contributed by atoms with Gasteiger partial charge in [0.2, 0.25) is 0 Å². The Morgan fingerprint density at radius 2 is 2.27 bits per heavy atom. The third-order valence-corrected chi connectivity index (χ3v) is 1.82. The molecular formula is C9H7BrO. The molecule has 1 N–H and O–H groups in total. The van der Waals surface area contributed by atoms with E-state index in [1.807, 2.05) is 12.1 Å². The van der Waals surface area contributed by atoms with Crippen LogP contribution in [0.1, 0.15) is 11.7 Å². The van der Waals surface area contributed by atoms with E-state index in [1.165, 1.54) is 0 Å². The fraction of sp³-hybridized carbons (Fsp3) is 0.111. The third kappa shape index (κ3) is 2.07. The molecule has 0 heterocycles. The van der Waals surface area contributed by atoms with Gasteiger partial charge in [0.1, 0.15) is 6.10 Å². The number of aliphatic hydroxyl groups is 1. The highest BCUT2D eigenvalue weighted by molar-refractivity contribution is 9.10. The molecule has 0 amide bonds. The predicted octanol–water partition coefficient (Wildman–Crippen LogP) is 2.12. The Morgan fingerprint density at radius 1 is 1.55 bits per heavy atom. The van der Waals surface area contributed by atoms with Gasteiger partial charge in [-0.15, -0.1) is 6.42 Å². The highest BCUT2D eigenvalue weighted by Gasteiger charge is 2.01. The summed E-state index contributed by atoms with van der Waals surface area (Å²) in [6, 6.07) is 7.30. The number of halogens is 1. The molecule has 1 nitrogen and oxygen atoms in total. The molecule has 11 heavy (non-hydrogen) atoms. The van der Waals surface area contributed by atoms with E-state index in [1.54, 1.807) is 12.1 Å². The zero-order chi connectivity index (χ0) is 8.27. The average Bonchev–Trinajstić information content (AvgIpc) is 2.03. The van der Waals surface area contributed by atoms with Gasteiger partial charge in [-0.2, -0.15) is 0 Å². The second kappa shape index (κ2) is 3.56. The van der Waals surface area contributed by atoms with Gasteiger partial charge >= 0.3 is 0 Å². The van der Waals surface area contributed by atoms with Crippen LogP contribution in [0.5, 0.6) is 0 Å². The second-order valence-electron chi connectivity index (χ2n) is 2.12. The van der Waals surface area contributed by atoms with E-state index in [-0.39, 0.29) is 0 Å². The molecule has 0 bridgehead atoms. The van der Waals surface area contributed by atoms with Crippen molar-refractivity contribution in [3.05, 3.63) is 34.3 Å². The number of hydrogen-bond donors (Lipinski definition) is 1. The van der Waals surface area contributed by atoms with Crippen LogP contribution in [0.25, 0.3) is 0 Å². The zero-order valence-electron chi connectivity index (χ0n) is 5.79. The largest absolute Gasteiger partial charge is 0.376 e. The highest BCUT2D eigenvalue weighted by Crippen LogP contribution is 2.16. The van der Waals surface area contributed by atoms with Crippen molar-refractivity contribution in [1.29, 1.82) is 0 Å². The summed E-state index contributed by atoms with van der Waals surface area (Å²) < 4.78 is 0.921. The first kappa shape index (κ1) is 8.32. The Morgan fingerprint density at radius 3 is 2.82 bits per heavy atom. The summed E-state index contributed by atoms with van der Waals surface area (Å²) in [5, 5.41) is 9.20. The Hall–Kier alpha value is -0.780. The van der Waals surface area contributed by atoms with Crippen LogP contribution in [-0.2, 0) is 0 Å². The second-order valence-corrected chi connectivity index (χ2v) is 3.04. The van der Waals surface area contributed by atoms with Crippen molar-refractivity contribution in [1.82, 2.24) is 0 Å². The lowest BCUT2D eigenvalue weighted by atomic mass is 10.1. The molecule has 0 saturated carbocycles. The minimum Gasteiger partial charge on any atom is -0.376 e. The fourth-order valence-electron chi connectivity index (χ4n) is 0.773. The van der Waals surface area contributed by atoms with Crippen LogP contribution in [0.3, 0.4) is 0 Å².